The third-order valence-electron chi connectivity index (χ3n) is 6.85. The van der Waals surface area contributed by atoms with Crippen molar-refractivity contribution in [1.82, 2.24) is 19.2 Å². The molecule has 8 heteroatoms. The minimum Gasteiger partial charge on any atom is -0.308 e. The topological polar surface area (TPSA) is 55.1 Å². The fraction of sp³-hybridized carbons (Fsp3) is 0.133. The van der Waals surface area contributed by atoms with Gasteiger partial charge in [-0.05, 0) is 73.3 Å². The average molecular weight is 540 g/mol. The second-order valence-electron chi connectivity index (χ2n) is 9.18. The summed E-state index contributed by atoms with van der Waals surface area (Å²) in [6, 6.07) is 29.3. The van der Waals surface area contributed by atoms with Gasteiger partial charge in [-0.15, -0.1) is 11.8 Å². The second kappa shape index (κ2) is 10.1. The number of benzene rings is 3. The molecule has 6 rings (SSSR count). The summed E-state index contributed by atoms with van der Waals surface area (Å²) in [4.78, 5) is 17.0. The van der Waals surface area contributed by atoms with E-state index in [1.165, 1.54) is 0 Å². The fourth-order valence-electron chi connectivity index (χ4n) is 5.04. The van der Waals surface area contributed by atoms with Crippen molar-refractivity contribution in [1.29, 1.82) is 0 Å². The Balaban J connectivity index is 1.52. The van der Waals surface area contributed by atoms with Gasteiger partial charge in [0, 0.05) is 27.4 Å². The number of urea groups is 1. The van der Waals surface area contributed by atoms with Crippen LogP contribution >= 0.6 is 23.4 Å². The maximum atomic E-state index is 14.0. The number of nitrogens with one attached hydrogen (secondary N) is 1. The van der Waals surface area contributed by atoms with Gasteiger partial charge in [0.25, 0.3) is 0 Å². The Labute approximate surface area is 230 Å². The first-order valence-corrected chi connectivity index (χ1v) is 13.9. The first-order valence-electron chi connectivity index (χ1n) is 12.3. The lowest BCUT2D eigenvalue weighted by Crippen LogP contribution is -2.38. The molecule has 3 heterocycles. The van der Waals surface area contributed by atoms with E-state index in [2.05, 4.69) is 16.0 Å². The van der Waals surface area contributed by atoms with Crippen molar-refractivity contribution in [3.8, 4) is 11.5 Å². The van der Waals surface area contributed by atoms with Crippen LogP contribution in [0, 0.1) is 6.92 Å². The van der Waals surface area contributed by atoms with Crippen molar-refractivity contribution < 1.29 is 4.79 Å². The Kier molecular flexibility index (Phi) is 6.47. The molecular formula is C30H26ClN5OS. The van der Waals surface area contributed by atoms with E-state index in [4.69, 9.17) is 16.7 Å². The predicted molar refractivity (Wildman–Crippen MR) is 154 cm³/mol. The number of para-hydroxylation sites is 1. The molecule has 0 saturated carbocycles. The molecule has 0 fully saturated rings. The minimum atomic E-state index is -0.345. The van der Waals surface area contributed by atoms with Gasteiger partial charge in [0.2, 0.25) is 0 Å². The molecule has 0 saturated heterocycles. The number of hydrogen-bond donors (Lipinski definition) is 1. The molecule has 3 aromatic carbocycles. The summed E-state index contributed by atoms with van der Waals surface area (Å²) >= 11 is 7.89. The summed E-state index contributed by atoms with van der Waals surface area (Å²) in [5, 5.41) is 8.71. The molecule has 0 spiro atoms. The Bertz CT molecular complexity index is 1610. The third-order valence-corrected chi connectivity index (χ3v) is 7.83. The zero-order chi connectivity index (χ0) is 26.2. The van der Waals surface area contributed by atoms with Crippen LogP contribution in [-0.4, -0.2) is 31.5 Å². The number of hydrogen-bond acceptors (Lipinski definition) is 3. The third kappa shape index (κ3) is 4.38. The van der Waals surface area contributed by atoms with Crippen LogP contribution in [0.1, 0.15) is 28.6 Å². The number of aryl methyl sites for hydroxylation is 1. The van der Waals surface area contributed by atoms with E-state index in [-0.39, 0.29) is 12.1 Å². The van der Waals surface area contributed by atoms with Crippen LogP contribution in [0.4, 0.5) is 10.5 Å². The van der Waals surface area contributed by atoms with Gasteiger partial charge in [0.05, 0.1) is 29.7 Å². The number of rotatable bonds is 4. The molecule has 2 amide bonds. The molecule has 1 aliphatic heterocycles. The number of nitrogens with zero attached hydrogens (tertiary/aromatic N) is 4. The molecule has 1 N–H and O–H groups in total. The van der Waals surface area contributed by atoms with Crippen LogP contribution in [0.5, 0.6) is 0 Å². The normalized spacial score (nSPS) is 14.5. The zero-order valence-electron chi connectivity index (χ0n) is 21.0. The van der Waals surface area contributed by atoms with E-state index in [1.54, 1.807) is 11.8 Å². The van der Waals surface area contributed by atoms with Crippen molar-refractivity contribution >= 4 is 35.1 Å². The van der Waals surface area contributed by atoms with Crippen LogP contribution in [-0.2, 0) is 6.54 Å². The smallest absolute Gasteiger partial charge is 0.308 e. The van der Waals surface area contributed by atoms with Crippen LogP contribution < -0.4 is 5.32 Å². The number of thioether (sulfide) groups is 1. The lowest BCUT2D eigenvalue weighted by atomic mass is 10.0. The first kappa shape index (κ1) is 24.4. The molecule has 0 aliphatic carbocycles. The highest BCUT2D eigenvalue weighted by atomic mass is 35.5. The van der Waals surface area contributed by atoms with Crippen molar-refractivity contribution in [2.24, 2.45) is 0 Å². The van der Waals surface area contributed by atoms with Crippen LogP contribution in [0.25, 0.3) is 11.5 Å². The van der Waals surface area contributed by atoms with Gasteiger partial charge in [-0.1, -0.05) is 48.0 Å². The first-order chi connectivity index (χ1) is 18.5. The summed E-state index contributed by atoms with van der Waals surface area (Å²) in [6.07, 6.45) is 4.07. The quantitative estimate of drug-likeness (QED) is 0.241. The highest BCUT2D eigenvalue weighted by Crippen LogP contribution is 2.39. The van der Waals surface area contributed by atoms with Gasteiger partial charge in [0.1, 0.15) is 5.82 Å². The monoisotopic (exact) mass is 539 g/mol. The zero-order valence-corrected chi connectivity index (χ0v) is 22.6. The van der Waals surface area contributed by atoms with Gasteiger partial charge < -0.3 is 14.8 Å². The Morgan fingerprint density at radius 2 is 1.79 bits per heavy atom. The molecule has 38 heavy (non-hydrogen) atoms. The molecule has 1 atom stereocenters. The molecule has 1 unspecified atom stereocenters. The largest absolute Gasteiger partial charge is 0.322 e. The van der Waals surface area contributed by atoms with E-state index in [0.29, 0.717) is 11.6 Å². The van der Waals surface area contributed by atoms with Gasteiger partial charge >= 0.3 is 6.03 Å². The maximum absolute atomic E-state index is 14.0. The number of aromatic nitrogens is 3. The van der Waals surface area contributed by atoms with Crippen LogP contribution in [0.15, 0.2) is 102 Å². The molecule has 6 nitrogen and oxygen atoms in total. The number of amides is 2. The van der Waals surface area contributed by atoms with E-state index >= 15 is 0 Å². The number of carbonyl (C=O) groups is 1. The summed E-state index contributed by atoms with van der Waals surface area (Å²) in [5.74, 6) is 0.937. The summed E-state index contributed by atoms with van der Waals surface area (Å²) < 4.78 is 4.12. The van der Waals surface area contributed by atoms with Gasteiger partial charge in [-0.3, -0.25) is 0 Å². The van der Waals surface area contributed by atoms with Crippen molar-refractivity contribution in [2.45, 2.75) is 24.4 Å². The maximum Gasteiger partial charge on any atom is 0.322 e. The van der Waals surface area contributed by atoms with Crippen molar-refractivity contribution in [2.75, 3.05) is 11.6 Å². The average Bonchev–Trinajstić information content (AvgIpc) is 3.50. The molecule has 1 aliphatic rings. The molecule has 0 bridgehead atoms. The van der Waals surface area contributed by atoms with E-state index in [0.717, 1.165) is 44.6 Å². The SMILES string of the molecule is CSc1cccc(NC(=O)N2Cc3c(C)nn(-c4ccccc4)c3-n3cccc3C2c2ccc(Cl)cc2)c1. The Morgan fingerprint density at radius 1 is 1.00 bits per heavy atom. The highest BCUT2D eigenvalue weighted by Gasteiger charge is 2.36. The standard InChI is InChI=1S/C30H26ClN5OS/c1-20-26-19-35(30(37)32-23-8-6-11-25(18-23)38-2)28(21-13-15-22(31)16-14-21)27-12-7-17-34(27)29(26)36(33-20)24-9-4-3-5-10-24/h3-18,28H,19H2,1-2H3,(H,32,37). The molecule has 190 valence electrons. The van der Waals surface area contributed by atoms with E-state index < -0.39 is 0 Å². The second-order valence-corrected chi connectivity index (χ2v) is 10.5. The Morgan fingerprint density at radius 3 is 2.55 bits per heavy atom. The molecule has 2 aromatic heterocycles. The molecule has 5 aromatic rings. The predicted octanol–water partition coefficient (Wildman–Crippen LogP) is 7.48. The van der Waals surface area contributed by atoms with Crippen molar-refractivity contribution in [3.63, 3.8) is 0 Å². The number of halogens is 1. The van der Waals surface area contributed by atoms with Crippen LogP contribution in [0.3, 0.4) is 0 Å². The lowest BCUT2D eigenvalue weighted by molar-refractivity contribution is 0.194. The van der Waals surface area contributed by atoms with Gasteiger partial charge in [0.15, 0.2) is 0 Å². The fourth-order valence-corrected chi connectivity index (χ4v) is 5.63. The van der Waals surface area contributed by atoms with Crippen molar-refractivity contribution in [3.05, 3.63) is 125 Å². The summed E-state index contributed by atoms with van der Waals surface area (Å²) in [5.41, 5.74) is 5.54. The highest BCUT2D eigenvalue weighted by molar-refractivity contribution is 7.98. The summed E-state index contributed by atoms with van der Waals surface area (Å²) in [6.45, 7) is 2.39. The molecular weight excluding hydrogens is 514 g/mol. The van der Waals surface area contributed by atoms with E-state index in [1.807, 2.05) is 114 Å². The molecule has 0 radical (unpaired) electrons. The Hall–Kier alpha value is -3.94. The number of fused-ring (bicyclic) bond motifs is 3. The number of anilines is 1. The van der Waals surface area contributed by atoms with E-state index in [9.17, 15) is 4.79 Å². The van der Waals surface area contributed by atoms with Crippen LogP contribution in [0.2, 0.25) is 5.02 Å². The van der Waals surface area contributed by atoms with Gasteiger partial charge in [-0.2, -0.15) is 5.10 Å². The number of carbonyl (C=O) groups excluding carboxylic acids is 1. The lowest BCUT2D eigenvalue weighted by Gasteiger charge is -2.31. The van der Waals surface area contributed by atoms with Gasteiger partial charge in [-0.25, -0.2) is 9.48 Å². The minimum absolute atomic E-state index is 0.185. The summed E-state index contributed by atoms with van der Waals surface area (Å²) in [7, 11) is 0.